The van der Waals surface area contributed by atoms with E-state index >= 15 is 0 Å². The predicted molar refractivity (Wildman–Crippen MR) is 77.9 cm³/mol. The first-order chi connectivity index (χ1) is 8.61. The van der Waals surface area contributed by atoms with Crippen LogP contribution in [0.15, 0.2) is 0 Å². The van der Waals surface area contributed by atoms with Gasteiger partial charge in [0.25, 0.3) is 0 Å². The van der Waals surface area contributed by atoms with Crippen LogP contribution in [0.5, 0.6) is 0 Å². The van der Waals surface area contributed by atoms with Crippen molar-refractivity contribution in [2.75, 3.05) is 7.05 Å². The quantitative estimate of drug-likeness (QED) is 0.713. The molecule has 1 atom stereocenters. The zero-order valence-electron chi connectivity index (χ0n) is 12.7. The van der Waals surface area contributed by atoms with Gasteiger partial charge in [-0.15, -0.1) is 0 Å². The minimum absolute atomic E-state index is 0.388. The van der Waals surface area contributed by atoms with E-state index < -0.39 is 0 Å². The lowest BCUT2D eigenvalue weighted by Gasteiger charge is -2.11. The second-order valence-corrected chi connectivity index (χ2v) is 5.23. The Morgan fingerprint density at radius 2 is 1.83 bits per heavy atom. The molecule has 1 heterocycles. The second-order valence-electron chi connectivity index (χ2n) is 5.23. The van der Waals surface area contributed by atoms with Crippen molar-refractivity contribution in [1.29, 1.82) is 0 Å². The molecule has 0 aliphatic rings. The average Bonchev–Trinajstić information content (AvgIpc) is 2.63. The molecule has 3 nitrogen and oxygen atoms in total. The van der Waals surface area contributed by atoms with E-state index in [0.717, 1.165) is 6.54 Å². The van der Waals surface area contributed by atoms with Crippen LogP contribution < -0.4 is 5.32 Å². The second kappa shape index (κ2) is 7.57. The maximum Gasteiger partial charge on any atom is 0.0644 e. The lowest BCUT2D eigenvalue weighted by molar-refractivity contribution is 0.521. The SMILES string of the molecule is CCCCCCCn1nc(C)c(C(C)NC)c1C. The number of hydrogen-bond acceptors (Lipinski definition) is 2. The standard InChI is InChI=1S/C15H29N3/c1-6-7-8-9-10-11-18-14(4)15(12(2)16-5)13(3)17-18/h12,16H,6-11H2,1-5H3. The highest BCUT2D eigenvalue weighted by molar-refractivity contribution is 5.27. The number of aryl methyl sites for hydroxylation is 2. The summed E-state index contributed by atoms with van der Waals surface area (Å²) in [6.45, 7) is 9.82. The number of hydrogen-bond donors (Lipinski definition) is 1. The molecule has 104 valence electrons. The molecule has 0 radical (unpaired) electrons. The summed E-state index contributed by atoms with van der Waals surface area (Å²) in [5.41, 5.74) is 3.86. The average molecular weight is 251 g/mol. The molecule has 0 fully saturated rings. The topological polar surface area (TPSA) is 29.9 Å². The molecule has 0 bridgehead atoms. The van der Waals surface area contributed by atoms with Gasteiger partial charge in [0.1, 0.15) is 0 Å². The molecular weight excluding hydrogens is 222 g/mol. The van der Waals surface area contributed by atoms with Crippen molar-refractivity contribution in [2.45, 2.75) is 72.4 Å². The Morgan fingerprint density at radius 3 is 2.44 bits per heavy atom. The lowest BCUT2D eigenvalue weighted by atomic mass is 10.1. The van der Waals surface area contributed by atoms with E-state index in [1.807, 2.05) is 7.05 Å². The molecule has 0 saturated heterocycles. The number of unbranched alkanes of at least 4 members (excludes halogenated alkanes) is 4. The monoisotopic (exact) mass is 251 g/mol. The normalized spacial score (nSPS) is 12.9. The maximum absolute atomic E-state index is 4.67. The van der Waals surface area contributed by atoms with Gasteiger partial charge in [0.15, 0.2) is 0 Å². The molecule has 1 rings (SSSR count). The van der Waals surface area contributed by atoms with Gasteiger partial charge in [-0.05, 0) is 34.2 Å². The fraction of sp³-hybridized carbons (Fsp3) is 0.800. The molecule has 0 saturated carbocycles. The molecule has 1 aromatic heterocycles. The number of rotatable bonds is 8. The van der Waals surface area contributed by atoms with Gasteiger partial charge in [0.05, 0.1) is 5.69 Å². The van der Waals surface area contributed by atoms with Gasteiger partial charge in [-0.25, -0.2) is 0 Å². The summed E-state index contributed by atoms with van der Waals surface area (Å²) in [6.07, 6.45) is 6.59. The fourth-order valence-corrected chi connectivity index (χ4v) is 2.56. The molecule has 0 aromatic carbocycles. The Kier molecular flexibility index (Phi) is 6.41. The molecule has 18 heavy (non-hydrogen) atoms. The van der Waals surface area contributed by atoms with Gasteiger partial charge >= 0.3 is 0 Å². The van der Waals surface area contributed by atoms with Crippen molar-refractivity contribution in [3.63, 3.8) is 0 Å². The van der Waals surface area contributed by atoms with Gasteiger partial charge < -0.3 is 5.32 Å². The number of nitrogens with one attached hydrogen (secondary N) is 1. The molecule has 0 aliphatic heterocycles. The third kappa shape index (κ3) is 3.84. The van der Waals surface area contributed by atoms with E-state index in [9.17, 15) is 0 Å². The first kappa shape index (κ1) is 15.2. The highest BCUT2D eigenvalue weighted by Crippen LogP contribution is 2.21. The van der Waals surface area contributed by atoms with Crippen LogP contribution in [0, 0.1) is 13.8 Å². The van der Waals surface area contributed by atoms with Gasteiger partial charge in [0.2, 0.25) is 0 Å². The van der Waals surface area contributed by atoms with Crippen LogP contribution in [0.2, 0.25) is 0 Å². The minimum atomic E-state index is 0.388. The molecule has 1 unspecified atom stereocenters. The van der Waals surface area contributed by atoms with E-state index in [1.54, 1.807) is 0 Å². The van der Waals surface area contributed by atoms with Crippen molar-refractivity contribution in [2.24, 2.45) is 0 Å². The summed E-state index contributed by atoms with van der Waals surface area (Å²) in [7, 11) is 2.01. The van der Waals surface area contributed by atoms with Gasteiger partial charge in [-0.3, -0.25) is 4.68 Å². The first-order valence-corrected chi connectivity index (χ1v) is 7.33. The number of aromatic nitrogens is 2. The summed E-state index contributed by atoms with van der Waals surface area (Å²) in [5, 5.41) is 7.98. The van der Waals surface area contributed by atoms with Crippen molar-refractivity contribution in [3.05, 3.63) is 17.0 Å². The largest absolute Gasteiger partial charge is 0.313 e. The maximum atomic E-state index is 4.67. The molecule has 1 N–H and O–H groups in total. The number of nitrogens with zero attached hydrogens (tertiary/aromatic N) is 2. The van der Waals surface area contributed by atoms with E-state index in [2.05, 4.69) is 42.8 Å². The van der Waals surface area contributed by atoms with E-state index in [1.165, 1.54) is 49.1 Å². The highest BCUT2D eigenvalue weighted by Gasteiger charge is 2.15. The van der Waals surface area contributed by atoms with Gasteiger partial charge in [-0.1, -0.05) is 32.6 Å². The fourth-order valence-electron chi connectivity index (χ4n) is 2.56. The smallest absolute Gasteiger partial charge is 0.0644 e. The summed E-state index contributed by atoms with van der Waals surface area (Å²) in [4.78, 5) is 0. The van der Waals surface area contributed by atoms with Crippen LogP contribution in [0.1, 0.15) is 68.9 Å². The third-order valence-corrected chi connectivity index (χ3v) is 3.78. The van der Waals surface area contributed by atoms with Crippen LogP contribution >= 0.6 is 0 Å². The Bertz CT molecular complexity index is 355. The van der Waals surface area contributed by atoms with Crippen molar-refractivity contribution >= 4 is 0 Å². The molecule has 0 spiro atoms. The van der Waals surface area contributed by atoms with Gasteiger partial charge in [0, 0.05) is 23.8 Å². The zero-order valence-corrected chi connectivity index (χ0v) is 12.7. The van der Waals surface area contributed by atoms with Crippen LogP contribution in [0.25, 0.3) is 0 Å². The zero-order chi connectivity index (χ0) is 13.5. The lowest BCUT2D eigenvalue weighted by Crippen LogP contribution is -2.14. The van der Waals surface area contributed by atoms with Crippen LogP contribution in [0.4, 0.5) is 0 Å². The van der Waals surface area contributed by atoms with Crippen molar-refractivity contribution in [1.82, 2.24) is 15.1 Å². The summed E-state index contributed by atoms with van der Waals surface area (Å²) in [6, 6.07) is 0.388. The first-order valence-electron chi connectivity index (χ1n) is 7.33. The van der Waals surface area contributed by atoms with Gasteiger partial charge in [-0.2, -0.15) is 5.10 Å². The summed E-state index contributed by atoms with van der Waals surface area (Å²) >= 11 is 0. The third-order valence-electron chi connectivity index (χ3n) is 3.78. The van der Waals surface area contributed by atoms with E-state index in [0.29, 0.717) is 6.04 Å². The highest BCUT2D eigenvalue weighted by atomic mass is 15.3. The Morgan fingerprint density at radius 1 is 1.17 bits per heavy atom. The summed E-state index contributed by atoms with van der Waals surface area (Å²) in [5.74, 6) is 0. The van der Waals surface area contributed by atoms with Crippen LogP contribution in [-0.2, 0) is 6.54 Å². The van der Waals surface area contributed by atoms with Crippen LogP contribution in [0.3, 0.4) is 0 Å². The molecule has 3 heteroatoms. The predicted octanol–water partition coefficient (Wildman–Crippen LogP) is 3.75. The minimum Gasteiger partial charge on any atom is -0.313 e. The van der Waals surface area contributed by atoms with Crippen LogP contribution in [-0.4, -0.2) is 16.8 Å². The molecule has 1 aromatic rings. The Hall–Kier alpha value is -0.830. The van der Waals surface area contributed by atoms with Crippen molar-refractivity contribution < 1.29 is 0 Å². The van der Waals surface area contributed by atoms with E-state index in [4.69, 9.17) is 0 Å². The Labute approximate surface area is 112 Å². The molecule has 0 amide bonds. The van der Waals surface area contributed by atoms with E-state index in [-0.39, 0.29) is 0 Å². The van der Waals surface area contributed by atoms with Crippen molar-refractivity contribution in [3.8, 4) is 0 Å². The molecular formula is C15H29N3. The summed E-state index contributed by atoms with van der Waals surface area (Å²) < 4.78 is 2.18. The Balaban J connectivity index is 2.57. The molecule has 0 aliphatic carbocycles.